The van der Waals surface area contributed by atoms with Crippen LogP contribution >= 0.6 is 11.6 Å². The zero-order valence-corrected chi connectivity index (χ0v) is 14.5. The van der Waals surface area contributed by atoms with Crippen molar-refractivity contribution >= 4 is 17.5 Å². The van der Waals surface area contributed by atoms with Crippen LogP contribution in [-0.4, -0.2) is 61.1 Å². The molecule has 2 aliphatic heterocycles. The zero-order valence-electron chi connectivity index (χ0n) is 13.7. The second-order valence-electron chi connectivity index (χ2n) is 6.50. The predicted molar refractivity (Wildman–Crippen MR) is 92.0 cm³/mol. The number of piperidine rings is 2. The number of carbonyl (C=O) groups excluding carboxylic acids is 1. The monoisotopic (exact) mass is 336 g/mol. The Bertz CT molecular complexity index is 518. The van der Waals surface area contributed by atoms with Crippen molar-refractivity contribution in [2.24, 2.45) is 0 Å². The first-order valence-electron chi connectivity index (χ1n) is 8.49. The maximum atomic E-state index is 12.5. The van der Waals surface area contributed by atoms with Crippen LogP contribution in [0.4, 0.5) is 0 Å². The fraction of sp³-hybridized carbons (Fsp3) is 0.611. The van der Waals surface area contributed by atoms with Crippen LogP contribution in [-0.2, 0) is 4.74 Å². The number of amides is 1. The van der Waals surface area contributed by atoms with Gasteiger partial charge in [0.2, 0.25) is 0 Å². The summed E-state index contributed by atoms with van der Waals surface area (Å²) >= 11 is 5.89. The van der Waals surface area contributed by atoms with Crippen LogP contribution in [0.5, 0.6) is 0 Å². The molecule has 3 rings (SSSR count). The van der Waals surface area contributed by atoms with Gasteiger partial charge in [-0.25, -0.2) is 0 Å². The summed E-state index contributed by atoms with van der Waals surface area (Å²) in [5, 5.41) is 0.666. The van der Waals surface area contributed by atoms with Gasteiger partial charge in [-0.05, 0) is 49.9 Å². The molecule has 0 spiro atoms. The van der Waals surface area contributed by atoms with E-state index < -0.39 is 0 Å². The molecule has 2 aliphatic rings. The minimum absolute atomic E-state index is 0.123. The smallest absolute Gasteiger partial charge is 0.253 e. The van der Waals surface area contributed by atoms with Gasteiger partial charge in [0.05, 0.1) is 6.10 Å². The largest absolute Gasteiger partial charge is 0.381 e. The molecule has 0 aliphatic carbocycles. The number of halogens is 1. The average molecular weight is 337 g/mol. The molecule has 0 unspecified atom stereocenters. The maximum absolute atomic E-state index is 12.5. The molecule has 1 amide bonds. The normalized spacial score (nSPS) is 21.6. The van der Waals surface area contributed by atoms with Crippen LogP contribution < -0.4 is 0 Å². The summed E-state index contributed by atoms with van der Waals surface area (Å²) in [6.07, 6.45) is 4.81. The molecule has 126 valence electrons. The number of hydrogen-bond acceptors (Lipinski definition) is 3. The van der Waals surface area contributed by atoms with Crippen molar-refractivity contribution < 1.29 is 9.53 Å². The quantitative estimate of drug-likeness (QED) is 0.850. The lowest BCUT2D eigenvalue weighted by atomic mass is 9.98. The van der Waals surface area contributed by atoms with Crippen molar-refractivity contribution in [2.75, 3.05) is 33.3 Å². The van der Waals surface area contributed by atoms with E-state index in [0.29, 0.717) is 17.2 Å². The fourth-order valence-electron chi connectivity index (χ4n) is 3.69. The second-order valence-corrected chi connectivity index (χ2v) is 6.94. The molecule has 4 nitrogen and oxygen atoms in total. The van der Waals surface area contributed by atoms with E-state index in [0.717, 1.165) is 57.4 Å². The molecule has 2 saturated heterocycles. The molecule has 0 radical (unpaired) electrons. The molecular formula is C18H25ClN2O2. The molecule has 1 aromatic rings. The molecule has 23 heavy (non-hydrogen) atoms. The highest BCUT2D eigenvalue weighted by atomic mass is 35.5. The third kappa shape index (κ3) is 4.06. The molecule has 0 bridgehead atoms. The first kappa shape index (κ1) is 16.7. The van der Waals surface area contributed by atoms with Gasteiger partial charge in [0.15, 0.2) is 0 Å². The van der Waals surface area contributed by atoms with E-state index in [1.54, 1.807) is 19.2 Å². The van der Waals surface area contributed by atoms with Gasteiger partial charge < -0.3 is 14.5 Å². The number of nitrogens with zero attached hydrogens (tertiary/aromatic N) is 2. The Balaban J connectivity index is 1.50. The van der Waals surface area contributed by atoms with Crippen molar-refractivity contribution in [1.29, 1.82) is 0 Å². The molecule has 0 atom stereocenters. The minimum atomic E-state index is 0.123. The summed E-state index contributed by atoms with van der Waals surface area (Å²) in [4.78, 5) is 17.1. The lowest BCUT2D eigenvalue weighted by Crippen LogP contribution is -2.49. The summed E-state index contributed by atoms with van der Waals surface area (Å²) in [5.74, 6) is 0.123. The first-order valence-corrected chi connectivity index (χ1v) is 8.87. The average Bonchev–Trinajstić information content (AvgIpc) is 2.62. The molecule has 2 heterocycles. The number of carbonyl (C=O) groups is 1. The van der Waals surface area contributed by atoms with Gasteiger partial charge in [-0.3, -0.25) is 4.79 Å². The Morgan fingerprint density at radius 1 is 1.04 bits per heavy atom. The van der Waals surface area contributed by atoms with Gasteiger partial charge in [-0.1, -0.05) is 11.6 Å². The molecule has 5 heteroatoms. The van der Waals surface area contributed by atoms with Crippen molar-refractivity contribution in [2.45, 2.75) is 37.8 Å². The van der Waals surface area contributed by atoms with E-state index >= 15 is 0 Å². The van der Waals surface area contributed by atoms with Crippen molar-refractivity contribution in [3.05, 3.63) is 34.9 Å². The molecule has 0 N–H and O–H groups in total. The van der Waals surface area contributed by atoms with Gasteiger partial charge in [0.1, 0.15) is 0 Å². The van der Waals surface area contributed by atoms with E-state index in [1.165, 1.54) is 0 Å². The van der Waals surface area contributed by atoms with Gasteiger partial charge in [-0.15, -0.1) is 0 Å². The number of likely N-dealkylation sites (tertiary alicyclic amines) is 2. The Morgan fingerprint density at radius 3 is 2.22 bits per heavy atom. The van der Waals surface area contributed by atoms with E-state index in [4.69, 9.17) is 16.3 Å². The summed E-state index contributed by atoms with van der Waals surface area (Å²) < 4.78 is 5.44. The maximum Gasteiger partial charge on any atom is 0.253 e. The number of hydrogen-bond donors (Lipinski definition) is 0. The summed E-state index contributed by atoms with van der Waals surface area (Å²) in [5.41, 5.74) is 0.730. The van der Waals surface area contributed by atoms with Gasteiger partial charge in [-0.2, -0.15) is 0 Å². The molecule has 0 saturated carbocycles. The van der Waals surface area contributed by atoms with Crippen molar-refractivity contribution in [3.8, 4) is 0 Å². The van der Waals surface area contributed by atoms with Crippen LogP contribution in [0.15, 0.2) is 24.3 Å². The predicted octanol–water partition coefficient (Wildman–Crippen LogP) is 3.06. The summed E-state index contributed by atoms with van der Waals surface area (Å²) in [6.45, 7) is 3.93. The number of ether oxygens (including phenoxy) is 1. The second kappa shape index (κ2) is 7.65. The van der Waals surface area contributed by atoms with Gasteiger partial charge in [0, 0.05) is 49.9 Å². The van der Waals surface area contributed by atoms with Gasteiger partial charge in [0.25, 0.3) is 5.91 Å². The highest BCUT2D eigenvalue weighted by Crippen LogP contribution is 2.23. The fourth-order valence-corrected chi connectivity index (χ4v) is 3.81. The lowest BCUT2D eigenvalue weighted by Gasteiger charge is -2.41. The molecule has 1 aromatic carbocycles. The molecular weight excluding hydrogens is 312 g/mol. The van der Waals surface area contributed by atoms with Crippen molar-refractivity contribution in [3.63, 3.8) is 0 Å². The first-order chi connectivity index (χ1) is 11.2. The van der Waals surface area contributed by atoms with E-state index in [-0.39, 0.29) is 5.91 Å². The van der Waals surface area contributed by atoms with Gasteiger partial charge >= 0.3 is 0 Å². The van der Waals surface area contributed by atoms with E-state index in [1.807, 2.05) is 17.0 Å². The highest BCUT2D eigenvalue weighted by molar-refractivity contribution is 6.30. The standard InChI is InChI=1S/C18H25ClN2O2/c1-23-17-8-12-20(13-9-17)16-6-10-21(11-7-16)18(22)14-2-4-15(19)5-3-14/h2-5,16-17H,6-13H2,1H3. The summed E-state index contributed by atoms with van der Waals surface area (Å²) in [7, 11) is 1.81. The Hall–Kier alpha value is -1.10. The van der Waals surface area contributed by atoms with Crippen LogP contribution in [0.2, 0.25) is 5.02 Å². The third-order valence-electron chi connectivity index (χ3n) is 5.17. The van der Waals surface area contributed by atoms with Crippen LogP contribution in [0.25, 0.3) is 0 Å². The molecule has 0 aromatic heterocycles. The van der Waals surface area contributed by atoms with Crippen LogP contribution in [0.3, 0.4) is 0 Å². The SMILES string of the molecule is COC1CCN(C2CCN(C(=O)c3ccc(Cl)cc3)CC2)CC1. The topological polar surface area (TPSA) is 32.8 Å². The Kier molecular flexibility index (Phi) is 5.57. The Morgan fingerprint density at radius 2 is 1.65 bits per heavy atom. The number of methoxy groups -OCH3 is 1. The minimum Gasteiger partial charge on any atom is -0.381 e. The Labute approximate surface area is 143 Å². The zero-order chi connectivity index (χ0) is 16.2. The third-order valence-corrected chi connectivity index (χ3v) is 5.42. The van der Waals surface area contributed by atoms with E-state index in [2.05, 4.69) is 4.90 Å². The van der Waals surface area contributed by atoms with Crippen LogP contribution in [0.1, 0.15) is 36.0 Å². The number of rotatable bonds is 3. The highest BCUT2D eigenvalue weighted by Gasteiger charge is 2.29. The van der Waals surface area contributed by atoms with Crippen molar-refractivity contribution in [1.82, 2.24) is 9.80 Å². The van der Waals surface area contributed by atoms with E-state index in [9.17, 15) is 4.79 Å². The number of benzene rings is 1. The lowest BCUT2D eigenvalue weighted by molar-refractivity contribution is 0.0145. The summed E-state index contributed by atoms with van der Waals surface area (Å²) in [6, 6.07) is 7.80. The van der Waals surface area contributed by atoms with Crippen LogP contribution in [0, 0.1) is 0 Å². The molecule has 2 fully saturated rings.